The van der Waals surface area contributed by atoms with Gasteiger partial charge in [-0.05, 0) is 31.0 Å². The van der Waals surface area contributed by atoms with E-state index in [4.69, 9.17) is 10.8 Å². The van der Waals surface area contributed by atoms with Gasteiger partial charge in [0.05, 0.1) is 6.61 Å². The summed E-state index contributed by atoms with van der Waals surface area (Å²) in [7, 11) is 0. The van der Waals surface area contributed by atoms with Gasteiger partial charge in [-0.2, -0.15) is 0 Å². The molecule has 3 nitrogen and oxygen atoms in total. The Balaban J connectivity index is 2.16. The Morgan fingerprint density at radius 2 is 2.21 bits per heavy atom. The highest BCUT2D eigenvalue weighted by Crippen LogP contribution is 2.31. The third-order valence-electron chi connectivity index (χ3n) is 2.53. The lowest BCUT2D eigenvalue weighted by Gasteiger charge is -2.23. The third kappa shape index (κ3) is 1.99. The second-order valence-electron chi connectivity index (χ2n) is 3.74. The van der Waals surface area contributed by atoms with Gasteiger partial charge in [0, 0.05) is 24.0 Å². The summed E-state index contributed by atoms with van der Waals surface area (Å²) in [4.78, 5) is 2.23. The number of benzene rings is 1. The molecule has 0 atom stereocenters. The van der Waals surface area contributed by atoms with E-state index in [0.29, 0.717) is 12.6 Å². The number of nitrogens with two attached hydrogens (primary N) is 1. The first kappa shape index (κ1) is 9.34. The van der Waals surface area contributed by atoms with Gasteiger partial charge in [-0.1, -0.05) is 6.07 Å². The van der Waals surface area contributed by atoms with Gasteiger partial charge in [-0.3, -0.25) is 0 Å². The van der Waals surface area contributed by atoms with E-state index in [0.717, 1.165) is 11.4 Å². The summed E-state index contributed by atoms with van der Waals surface area (Å²) in [5, 5.41) is 8.97. The predicted molar refractivity (Wildman–Crippen MR) is 58.3 cm³/mol. The van der Waals surface area contributed by atoms with Crippen LogP contribution in [0.5, 0.6) is 0 Å². The van der Waals surface area contributed by atoms with Crippen LogP contribution in [-0.4, -0.2) is 24.3 Å². The van der Waals surface area contributed by atoms with Crippen LogP contribution in [0, 0.1) is 0 Å². The maximum atomic E-state index is 8.97. The van der Waals surface area contributed by atoms with Gasteiger partial charge in [0.25, 0.3) is 0 Å². The van der Waals surface area contributed by atoms with E-state index in [1.54, 1.807) is 0 Å². The quantitative estimate of drug-likeness (QED) is 0.705. The molecule has 1 aromatic rings. The molecule has 1 aromatic carbocycles. The van der Waals surface area contributed by atoms with Crippen molar-refractivity contribution in [1.29, 1.82) is 0 Å². The number of rotatable bonds is 4. The normalized spacial score (nSPS) is 15.5. The molecule has 0 aromatic heterocycles. The molecule has 1 fully saturated rings. The zero-order valence-electron chi connectivity index (χ0n) is 8.19. The van der Waals surface area contributed by atoms with Crippen LogP contribution in [0.2, 0.25) is 0 Å². The van der Waals surface area contributed by atoms with Gasteiger partial charge in [0.15, 0.2) is 0 Å². The zero-order chi connectivity index (χ0) is 9.97. The monoisotopic (exact) mass is 192 g/mol. The molecule has 0 heterocycles. The van der Waals surface area contributed by atoms with Gasteiger partial charge in [-0.15, -0.1) is 0 Å². The van der Waals surface area contributed by atoms with Crippen molar-refractivity contribution in [1.82, 2.24) is 0 Å². The standard InChI is InChI=1S/C11H16N2O/c12-9-2-1-3-11(8-9)13(6-7-14)10-4-5-10/h1-3,8,10,14H,4-7,12H2. The fraction of sp³-hybridized carbons (Fsp3) is 0.455. The Kier molecular flexibility index (Phi) is 2.59. The largest absolute Gasteiger partial charge is 0.399 e. The minimum absolute atomic E-state index is 0.200. The summed E-state index contributed by atoms with van der Waals surface area (Å²) in [5.74, 6) is 0. The highest BCUT2D eigenvalue weighted by Gasteiger charge is 2.28. The summed E-state index contributed by atoms with van der Waals surface area (Å²) in [6, 6.07) is 8.47. The van der Waals surface area contributed by atoms with Crippen molar-refractivity contribution < 1.29 is 5.11 Å². The number of nitrogen functional groups attached to an aromatic ring is 1. The lowest BCUT2D eigenvalue weighted by molar-refractivity contribution is 0.301. The van der Waals surface area contributed by atoms with E-state index in [9.17, 15) is 0 Å². The molecule has 76 valence electrons. The van der Waals surface area contributed by atoms with Gasteiger partial charge in [0.1, 0.15) is 0 Å². The number of anilines is 2. The highest BCUT2D eigenvalue weighted by atomic mass is 16.3. The molecule has 3 N–H and O–H groups in total. The summed E-state index contributed by atoms with van der Waals surface area (Å²) in [5.41, 5.74) is 7.63. The molecule has 0 aliphatic heterocycles. The van der Waals surface area contributed by atoms with Gasteiger partial charge in [0.2, 0.25) is 0 Å². The first-order chi connectivity index (χ1) is 6.81. The Morgan fingerprint density at radius 3 is 2.79 bits per heavy atom. The Labute approximate surface area is 84.1 Å². The van der Waals surface area contributed by atoms with E-state index >= 15 is 0 Å². The summed E-state index contributed by atoms with van der Waals surface area (Å²) in [6.07, 6.45) is 2.46. The Hall–Kier alpha value is -1.22. The smallest absolute Gasteiger partial charge is 0.0606 e. The summed E-state index contributed by atoms with van der Waals surface area (Å²) < 4.78 is 0. The van der Waals surface area contributed by atoms with Gasteiger partial charge in [-0.25, -0.2) is 0 Å². The number of hydrogen-bond donors (Lipinski definition) is 2. The van der Waals surface area contributed by atoms with E-state index in [1.165, 1.54) is 12.8 Å². The molecule has 0 amide bonds. The minimum Gasteiger partial charge on any atom is -0.399 e. The van der Waals surface area contributed by atoms with Crippen LogP contribution in [0.25, 0.3) is 0 Å². The number of hydrogen-bond acceptors (Lipinski definition) is 3. The van der Waals surface area contributed by atoms with Crippen LogP contribution >= 0.6 is 0 Å². The molecule has 14 heavy (non-hydrogen) atoms. The first-order valence-electron chi connectivity index (χ1n) is 5.04. The molecular formula is C11H16N2O. The van der Waals surface area contributed by atoms with Crippen molar-refractivity contribution in [2.75, 3.05) is 23.8 Å². The molecule has 1 saturated carbocycles. The fourth-order valence-corrected chi connectivity index (χ4v) is 1.72. The van der Waals surface area contributed by atoms with Crippen LogP contribution in [0.15, 0.2) is 24.3 Å². The van der Waals surface area contributed by atoms with Crippen molar-refractivity contribution in [3.63, 3.8) is 0 Å². The van der Waals surface area contributed by atoms with Crippen LogP contribution in [0.4, 0.5) is 11.4 Å². The molecular weight excluding hydrogens is 176 g/mol. The van der Waals surface area contributed by atoms with E-state index in [-0.39, 0.29) is 6.61 Å². The maximum Gasteiger partial charge on any atom is 0.0606 e. The SMILES string of the molecule is Nc1cccc(N(CCO)C2CC2)c1. The average molecular weight is 192 g/mol. The second kappa shape index (κ2) is 3.88. The Morgan fingerprint density at radius 1 is 1.43 bits per heavy atom. The van der Waals surface area contributed by atoms with E-state index in [2.05, 4.69) is 4.90 Å². The van der Waals surface area contributed by atoms with Crippen molar-refractivity contribution >= 4 is 11.4 Å². The lowest BCUT2D eigenvalue weighted by Crippen LogP contribution is -2.28. The van der Waals surface area contributed by atoms with Crippen LogP contribution < -0.4 is 10.6 Å². The molecule has 3 heteroatoms. The second-order valence-corrected chi connectivity index (χ2v) is 3.74. The summed E-state index contributed by atoms with van der Waals surface area (Å²) in [6.45, 7) is 0.902. The van der Waals surface area contributed by atoms with Crippen molar-refractivity contribution in [3.8, 4) is 0 Å². The fourth-order valence-electron chi connectivity index (χ4n) is 1.72. The maximum absolute atomic E-state index is 8.97. The van der Waals surface area contributed by atoms with Crippen LogP contribution in [-0.2, 0) is 0 Å². The van der Waals surface area contributed by atoms with Gasteiger partial charge < -0.3 is 15.7 Å². The number of nitrogens with zero attached hydrogens (tertiary/aromatic N) is 1. The van der Waals surface area contributed by atoms with Crippen molar-refractivity contribution in [2.45, 2.75) is 18.9 Å². The number of aliphatic hydroxyl groups excluding tert-OH is 1. The molecule has 0 bridgehead atoms. The van der Waals surface area contributed by atoms with E-state index in [1.807, 2.05) is 24.3 Å². The average Bonchev–Trinajstić information content (AvgIpc) is 2.97. The topological polar surface area (TPSA) is 49.5 Å². The van der Waals surface area contributed by atoms with Crippen LogP contribution in [0.3, 0.4) is 0 Å². The molecule has 0 saturated heterocycles. The van der Waals surface area contributed by atoms with E-state index < -0.39 is 0 Å². The van der Waals surface area contributed by atoms with Crippen molar-refractivity contribution in [3.05, 3.63) is 24.3 Å². The molecule has 0 unspecified atom stereocenters. The van der Waals surface area contributed by atoms with Crippen LogP contribution in [0.1, 0.15) is 12.8 Å². The zero-order valence-corrected chi connectivity index (χ0v) is 8.19. The third-order valence-corrected chi connectivity index (χ3v) is 2.53. The first-order valence-corrected chi connectivity index (χ1v) is 5.04. The lowest BCUT2D eigenvalue weighted by atomic mass is 10.2. The highest BCUT2D eigenvalue weighted by molar-refractivity contribution is 5.57. The molecule has 2 rings (SSSR count). The van der Waals surface area contributed by atoms with Gasteiger partial charge >= 0.3 is 0 Å². The molecule has 0 radical (unpaired) electrons. The molecule has 1 aliphatic rings. The molecule has 0 spiro atoms. The summed E-state index contributed by atoms with van der Waals surface area (Å²) >= 11 is 0. The Bertz CT molecular complexity index is 310. The predicted octanol–water partition coefficient (Wildman–Crippen LogP) is 1.23. The number of aliphatic hydroxyl groups is 1. The minimum atomic E-state index is 0.200. The van der Waals surface area contributed by atoms with Crippen molar-refractivity contribution in [2.24, 2.45) is 0 Å². The molecule has 1 aliphatic carbocycles.